The predicted octanol–water partition coefficient (Wildman–Crippen LogP) is 2.48. The van der Waals surface area contributed by atoms with Gasteiger partial charge in [0.1, 0.15) is 23.6 Å². The Labute approximate surface area is 165 Å². The summed E-state index contributed by atoms with van der Waals surface area (Å²) in [4.78, 5) is 25.6. The van der Waals surface area contributed by atoms with Gasteiger partial charge in [-0.25, -0.2) is 9.97 Å². The zero-order chi connectivity index (χ0) is 19.3. The van der Waals surface area contributed by atoms with Gasteiger partial charge in [-0.3, -0.25) is 4.79 Å². The van der Waals surface area contributed by atoms with Crippen LogP contribution in [0.5, 0.6) is 5.75 Å². The van der Waals surface area contributed by atoms with Crippen LogP contribution in [-0.4, -0.2) is 55.2 Å². The van der Waals surface area contributed by atoms with Crippen LogP contribution in [0.25, 0.3) is 0 Å². The lowest BCUT2D eigenvalue weighted by Gasteiger charge is -2.36. The molecule has 7 heteroatoms. The Morgan fingerprint density at radius 3 is 2.39 bits per heavy atom. The standard InChI is InChI=1S/C21H27N5O2/c1-28-18-8-6-17(7-9-18)25-10-12-26(13-11-25)20-14-19(22-15-23-20)21(27)24-16-4-2-3-5-16/h6-9,14-16H,2-5,10-13H2,1H3,(H,24,27). The molecule has 1 aromatic heterocycles. The van der Waals surface area contributed by atoms with Gasteiger partial charge in [0.05, 0.1) is 7.11 Å². The Kier molecular flexibility index (Phi) is 5.60. The van der Waals surface area contributed by atoms with Crippen LogP contribution in [0.4, 0.5) is 11.5 Å². The smallest absolute Gasteiger partial charge is 0.270 e. The Morgan fingerprint density at radius 1 is 1.04 bits per heavy atom. The Bertz CT molecular complexity index is 797. The lowest BCUT2D eigenvalue weighted by Crippen LogP contribution is -2.47. The average Bonchev–Trinajstić information content (AvgIpc) is 3.27. The zero-order valence-electron chi connectivity index (χ0n) is 16.3. The molecule has 0 radical (unpaired) electrons. The lowest BCUT2D eigenvalue weighted by atomic mass is 10.2. The summed E-state index contributed by atoms with van der Waals surface area (Å²) in [5.41, 5.74) is 1.65. The fourth-order valence-corrected chi connectivity index (χ4v) is 3.96. The number of ether oxygens (including phenoxy) is 1. The van der Waals surface area contributed by atoms with Gasteiger partial charge in [0.15, 0.2) is 0 Å². The number of hydrogen-bond donors (Lipinski definition) is 1. The van der Waals surface area contributed by atoms with E-state index in [1.807, 2.05) is 18.2 Å². The van der Waals surface area contributed by atoms with Crippen molar-refractivity contribution in [1.82, 2.24) is 15.3 Å². The first kappa shape index (κ1) is 18.5. The Morgan fingerprint density at radius 2 is 1.71 bits per heavy atom. The highest BCUT2D eigenvalue weighted by Crippen LogP contribution is 2.22. The van der Waals surface area contributed by atoms with Crippen LogP contribution in [-0.2, 0) is 0 Å². The Balaban J connectivity index is 1.36. The van der Waals surface area contributed by atoms with Crippen LogP contribution in [0.2, 0.25) is 0 Å². The number of aromatic nitrogens is 2. The highest BCUT2D eigenvalue weighted by atomic mass is 16.5. The van der Waals surface area contributed by atoms with E-state index < -0.39 is 0 Å². The van der Waals surface area contributed by atoms with E-state index >= 15 is 0 Å². The molecule has 1 aliphatic carbocycles. The molecule has 1 N–H and O–H groups in total. The van der Waals surface area contributed by atoms with E-state index in [1.54, 1.807) is 7.11 Å². The number of benzene rings is 1. The third-order valence-corrected chi connectivity index (χ3v) is 5.62. The van der Waals surface area contributed by atoms with E-state index in [0.29, 0.717) is 11.7 Å². The summed E-state index contributed by atoms with van der Waals surface area (Å²) in [6.45, 7) is 3.51. The number of methoxy groups -OCH3 is 1. The van der Waals surface area contributed by atoms with Crippen molar-refractivity contribution in [3.63, 3.8) is 0 Å². The number of carbonyl (C=O) groups is 1. The number of rotatable bonds is 5. The normalized spacial score (nSPS) is 17.6. The molecule has 0 atom stereocenters. The highest BCUT2D eigenvalue weighted by Gasteiger charge is 2.22. The fourth-order valence-electron chi connectivity index (χ4n) is 3.96. The number of amides is 1. The summed E-state index contributed by atoms with van der Waals surface area (Å²) in [6.07, 6.45) is 6.01. The van der Waals surface area contributed by atoms with Crippen LogP contribution < -0.4 is 19.9 Å². The maximum absolute atomic E-state index is 12.5. The van der Waals surface area contributed by atoms with Gasteiger partial charge in [-0.05, 0) is 37.1 Å². The molecule has 2 heterocycles. The third-order valence-electron chi connectivity index (χ3n) is 5.62. The van der Waals surface area contributed by atoms with Crippen molar-refractivity contribution in [2.45, 2.75) is 31.7 Å². The van der Waals surface area contributed by atoms with Crippen LogP contribution in [0.15, 0.2) is 36.7 Å². The molecule has 2 aliphatic rings. The van der Waals surface area contributed by atoms with E-state index in [-0.39, 0.29) is 5.91 Å². The minimum atomic E-state index is -0.0904. The number of nitrogens with one attached hydrogen (secondary N) is 1. The van der Waals surface area contributed by atoms with Gasteiger partial charge < -0.3 is 19.9 Å². The number of anilines is 2. The molecule has 2 aromatic rings. The van der Waals surface area contributed by atoms with E-state index in [2.05, 4.69) is 37.2 Å². The first-order valence-corrected chi connectivity index (χ1v) is 10.00. The van der Waals surface area contributed by atoms with Crippen molar-refractivity contribution >= 4 is 17.4 Å². The maximum atomic E-state index is 12.5. The van der Waals surface area contributed by atoms with E-state index in [9.17, 15) is 4.79 Å². The minimum absolute atomic E-state index is 0.0904. The van der Waals surface area contributed by atoms with Crippen LogP contribution >= 0.6 is 0 Å². The van der Waals surface area contributed by atoms with Crippen LogP contribution in [0.1, 0.15) is 36.2 Å². The SMILES string of the molecule is COc1ccc(N2CCN(c3cc(C(=O)NC4CCCC4)ncn3)CC2)cc1. The molecule has 1 amide bonds. The summed E-state index contributed by atoms with van der Waals surface area (Å²) >= 11 is 0. The largest absolute Gasteiger partial charge is 0.497 e. The van der Waals surface area contributed by atoms with Gasteiger partial charge in [0.25, 0.3) is 5.91 Å². The van der Waals surface area contributed by atoms with Gasteiger partial charge in [-0.1, -0.05) is 12.8 Å². The summed E-state index contributed by atoms with van der Waals surface area (Å²) in [6, 6.07) is 10.3. The second-order valence-corrected chi connectivity index (χ2v) is 7.39. The van der Waals surface area contributed by atoms with Crippen molar-refractivity contribution in [3.05, 3.63) is 42.4 Å². The van der Waals surface area contributed by atoms with Gasteiger partial charge in [-0.15, -0.1) is 0 Å². The molecule has 1 aromatic carbocycles. The van der Waals surface area contributed by atoms with Gasteiger partial charge in [0.2, 0.25) is 0 Å². The molecule has 4 rings (SSSR count). The van der Waals surface area contributed by atoms with Gasteiger partial charge in [-0.2, -0.15) is 0 Å². The molecule has 1 saturated heterocycles. The van der Waals surface area contributed by atoms with Crippen molar-refractivity contribution in [2.75, 3.05) is 43.1 Å². The summed E-state index contributed by atoms with van der Waals surface area (Å²) in [5.74, 6) is 1.60. The number of nitrogens with zero attached hydrogens (tertiary/aromatic N) is 4. The van der Waals surface area contributed by atoms with E-state index in [0.717, 1.165) is 50.6 Å². The van der Waals surface area contributed by atoms with Crippen LogP contribution in [0, 0.1) is 0 Å². The molecule has 0 spiro atoms. The molecule has 0 unspecified atom stereocenters. The second-order valence-electron chi connectivity index (χ2n) is 7.39. The molecule has 2 fully saturated rings. The average molecular weight is 381 g/mol. The zero-order valence-corrected chi connectivity index (χ0v) is 16.3. The molecule has 28 heavy (non-hydrogen) atoms. The molecular formula is C21H27N5O2. The fraction of sp³-hybridized carbons (Fsp3) is 0.476. The Hall–Kier alpha value is -2.83. The van der Waals surface area contributed by atoms with Crippen molar-refractivity contribution < 1.29 is 9.53 Å². The molecule has 1 aliphatic heterocycles. The third kappa shape index (κ3) is 4.18. The molecular weight excluding hydrogens is 354 g/mol. The molecule has 148 valence electrons. The minimum Gasteiger partial charge on any atom is -0.497 e. The second kappa shape index (κ2) is 8.46. The van der Waals surface area contributed by atoms with Crippen LogP contribution in [0.3, 0.4) is 0 Å². The van der Waals surface area contributed by atoms with Gasteiger partial charge >= 0.3 is 0 Å². The summed E-state index contributed by atoms with van der Waals surface area (Å²) in [5, 5.41) is 3.10. The first-order valence-electron chi connectivity index (χ1n) is 10.00. The molecule has 7 nitrogen and oxygen atoms in total. The van der Waals surface area contributed by atoms with Crippen molar-refractivity contribution in [3.8, 4) is 5.75 Å². The van der Waals surface area contributed by atoms with Crippen molar-refractivity contribution in [1.29, 1.82) is 0 Å². The van der Waals surface area contributed by atoms with Crippen molar-refractivity contribution in [2.24, 2.45) is 0 Å². The molecule has 1 saturated carbocycles. The number of carbonyl (C=O) groups excluding carboxylic acids is 1. The summed E-state index contributed by atoms with van der Waals surface area (Å²) in [7, 11) is 1.68. The highest BCUT2D eigenvalue weighted by molar-refractivity contribution is 5.93. The quantitative estimate of drug-likeness (QED) is 0.858. The summed E-state index contributed by atoms with van der Waals surface area (Å²) < 4.78 is 5.23. The topological polar surface area (TPSA) is 70.6 Å². The molecule has 0 bridgehead atoms. The number of piperazine rings is 1. The lowest BCUT2D eigenvalue weighted by molar-refractivity contribution is 0.0932. The first-order chi connectivity index (χ1) is 13.7. The monoisotopic (exact) mass is 381 g/mol. The van der Waals surface area contributed by atoms with E-state index in [4.69, 9.17) is 4.74 Å². The maximum Gasteiger partial charge on any atom is 0.270 e. The van der Waals surface area contributed by atoms with E-state index in [1.165, 1.54) is 24.9 Å². The predicted molar refractivity (Wildman–Crippen MR) is 109 cm³/mol. The number of hydrogen-bond acceptors (Lipinski definition) is 6. The van der Waals surface area contributed by atoms with Gasteiger partial charge in [0, 0.05) is 44.0 Å².